The normalized spacial score (nSPS) is 21.4. The maximum absolute atomic E-state index is 13.2. The number of rotatable bonds is 6. The molecule has 2 nitrogen and oxygen atoms in total. The minimum absolute atomic E-state index is 0.0406. The lowest BCUT2D eigenvalue weighted by Crippen LogP contribution is -2.39. The van der Waals surface area contributed by atoms with Crippen LogP contribution in [0.2, 0.25) is 0 Å². The van der Waals surface area contributed by atoms with Crippen LogP contribution in [0.5, 0.6) is 0 Å². The van der Waals surface area contributed by atoms with Gasteiger partial charge in [0, 0.05) is 12.1 Å². The van der Waals surface area contributed by atoms with Gasteiger partial charge in [-0.05, 0) is 70.4 Å². The van der Waals surface area contributed by atoms with Crippen molar-refractivity contribution in [3.05, 3.63) is 35.4 Å². The fraction of sp³-hybridized carbons (Fsp3) is 0.647. The minimum Gasteiger partial charge on any atom is -0.310 e. The van der Waals surface area contributed by atoms with Gasteiger partial charge >= 0.3 is 0 Å². The number of piperidine rings is 1. The van der Waals surface area contributed by atoms with E-state index in [9.17, 15) is 8.78 Å². The number of likely N-dealkylation sites (tertiary alicyclic amines) is 1. The maximum Gasteiger partial charge on any atom is 0.159 e. The molecule has 0 aromatic heterocycles. The molecule has 0 bridgehead atoms. The number of halogens is 2. The zero-order valence-electron chi connectivity index (χ0n) is 13.0. The molecule has 0 spiro atoms. The third-order valence-electron chi connectivity index (χ3n) is 4.46. The lowest BCUT2D eigenvalue weighted by atomic mass is 10.0. The van der Waals surface area contributed by atoms with Gasteiger partial charge < -0.3 is 10.2 Å². The molecule has 1 fully saturated rings. The van der Waals surface area contributed by atoms with Gasteiger partial charge in [0.15, 0.2) is 11.6 Å². The molecule has 21 heavy (non-hydrogen) atoms. The Hall–Kier alpha value is -1.00. The fourth-order valence-corrected chi connectivity index (χ4v) is 2.99. The molecule has 2 rings (SSSR count). The van der Waals surface area contributed by atoms with Crippen molar-refractivity contribution in [2.75, 3.05) is 19.6 Å². The van der Waals surface area contributed by atoms with Crippen LogP contribution in [0.25, 0.3) is 0 Å². The maximum atomic E-state index is 13.2. The van der Waals surface area contributed by atoms with Crippen LogP contribution >= 0.6 is 0 Å². The summed E-state index contributed by atoms with van der Waals surface area (Å²) < 4.78 is 26.1. The number of nitrogens with one attached hydrogen (secondary N) is 1. The Morgan fingerprint density at radius 3 is 2.81 bits per heavy atom. The number of hydrogen-bond donors (Lipinski definition) is 1. The van der Waals surface area contributed by atoms with Crippen LogP contribution < -0.4 is 5.32 Å². The highest BCUT2D eigenvalue weighted by molar-refractivity contribution is 5.20. The predicted octanol–water partition coefficient (Wildman–Crippen LogP) is 3.88. The van der Waals surface area contributed by atoms with Crippen LogP contribution in [0, 0.1) is 11.6 Å². The fourth-order valence-electron chi connectivity index (χ4n) is 2.99. The molecule has 118 valence electrons. The molecule has 1 saturated heterocycles. The second kappa shape index (κ2) is 7.85. The van der Waals surface area contributed by atoms with Gasteiger partial charge in [-0.15, -0.1) is 0 Å². The Kier molecular flexibility index (Phi) is 6.12. The van der Waals surface area contributed by atoms with Crippen molar-refractivity contribution >= 4 is 0 Å². The van der Waals surface area contributed by atoms with E-state index in [0.717, 1.165) is 25.1 Å². The van der Waals surface area contributed by atoms with Crippen LogP contribution in [0.1, 0.15) is 51.1 Å². The topological polar surface area (TPSA) is 15.3 Å². The van der Waals surface area contributed by atoms with Gasteiger partial charge in [-0.1, -0.05) is 12.5 Å². The van der Waals surface area contributed by atoms with Gasteiger partial charge in [0.2, 0.25) is 0 Å². The highest BCUT2D eigenvalue weighted by Crippen LogP contribution is 2.17. The SMILES string of the molecule is CC(NCCCN1CCCCC1C)c1ccc(F)c(F)c1. The van der Waals surface area contributed by atoms with E-state index in [-0.39, 0.29) is 6.04 Å². The molecule has 1 aliphatic heterocycles. The van der Waals surface area contributed by atoms with Crippen molar-refractivity contribution in [2.45, 2.75) is 51.6 Å². The van der Waals surface area contributed by atoms with Crippen molar-refractivity contribution in [1.82, 2.24) is 10.2 Å². The second-order valence-corrected chi connectivity index (χ2v) is 6.08. The van der Waals surface area contributed by atoms with Crippen molar-refractivity contribution in [2.24, 2.45) is 0 Å². The summed E-state index contributed by atoms with van der Waals surface area (Å²) >= 11 is 0. The van der Waals surface area contributed by atoms with Crippen LogP contribution in [-0.4, -0.2) is 30.6 Å². The first-order valence-electron chi connectivity index (χ1n) is 8.00. The second-order valence-electron chi connectivity index (χ2n) is 6.08. The quantitative estimate of drug-likeness (QED) is 0.801. The van der Waals surface area contributed by atoms with Crippen molar-refractivity contribution in [3.63, 3.8) is 0 Å². The highest BCUT2D eigenvalue weighted by Gasteiger charge is 2.17. The smallest absolute Gasteiger partial charge is 0.159 e. The first-order valence-corrected chi connectivity index (χ1v) is 8.00. The lowest BCUT2D eigenvalue weighted by molar-refractivity contribution is 0.158. The summed E-state index contributed by atoms with van der Waals surface area (Å²) in [4.78, 5) is 2.55. The van der Waals surface area contributed by atoms with E-state index < -0.39 is 11.6 Å². The summed E-state index contributed by atoms with van der Waals surface area (Å²) in [5.41, 5.74) is 0.792. The molecule has 2 atom stereocenters. The van der Waals surface area contributed by atoms with E-state index in [1.54, 1.807) is 6.07 Å². The van der Waals surface area contributed by atoms with Crippen LogP contribution in [-0.2, 0) is 0 Å². The Morgan fingerprint density at radius 1 is 1.29 bits per heavy atom. The molecule has 1 aromatic rings. The first-order chi connectivity index (χ1) is 10.1. The Labute approximate surface area is 126 Å². The zero-order chi connectivity index (χ0) is 15.2. The van der Waals surface area contributed by atoms with E-state index in [0.29, 0.717) is 6.04 Å². The summed E-state index contributed by atoms with van der Waals surface area (Å²) in [5, 5.41) is 3.38. The largest absolute Gasteiger partial charge is 0.310 e. The average molecular weight is 296 g/mol. The molecule has 0 aliphatic carbocycles. The van der Waals surface area contributed by atoms with Crippen LogP contribution in [0.15, 0.2) is 18.2 Å². The standard InChI is InChI=1S/C17H26F2N2/c1-13-6-3-4-10-21(13)11-5-9-20-14(2)15-7-8-16(18)17(19)12-15/h7-8,12-14,20H,3-6,9-11H2,1-2H3. The van der Waals surface area contributed by atoms with Gasteiger partial charge in [0.25, 0.3) is 0 Å². The minimum atomic E-state index is -0.787. The van der Waals surface area contributed by atoms with E-state index in [2.05, 4.69) is 17.1 Å². The van der Waals surface area contributed by atoms with Gasteiger partial charge in [0.1, 0.15) is 0 Å². The molecule has 1 N–H and O–H groups in total. The molecular formula is C17H26F2N2. The van der Waals surface area contributed by atoms with E-state index in [1.807, 2.05) is 6.92 Å². The summed E-state index contributed by atoms with van der Waals surface area (Å²) in [6, 6.07) is 4.85. The average Bonchev–Trinajstić information content (AvgIpc) is 2.48. The summed E-state index contributed by atoms with van der Waals surface area (Å²) in [7, 11) is 0. The Morgan fingerprint density at radius 2 is 2.10 bits per heavy atom. The van der Waals surface area contributed by atoms with Crippen molar-refractivity contribution in [3.8, 4) is 0 Å². The molecule has 0 amide bonds. The van der Waals surface area contributed by atoms with Gasteiger partial charge in [-0.2, -0.15) is 0 Å². The van der Waals surface area contributed by atoms with Crippen molar-refractivity contribution in [1.29, 1.82) is 0 Å². The number of benzene rings is 1. The van der Waals surface area contributed by atoms with E-state index in [4.69, 9.17) is 0 Å². The summed E-state index contributed by atoms with van der Waals surface area (Å²) in [6.07, 6.45) is 5.04. The summed E-state index contributed by atoms with van der Waals surface area (Å²) in [5.74, 6) is -1.56. The van der Waals surface area contributed by atoms with Gasteiger partial charge in [-0.25, -0.2) is 8.78 Å². The van der Waals surface area contributed by atoms with Gasteiger partial charge in [-0.3, -0.25) is 0 Å². The molecule has 4 heteroatoms. The Balaban J connectivity index is 1.71. The number of nitrogens with zero attached hydrogens (tertiary/aromatic N) is 1. The zero-order valence-corrected chi connectivity index (χ0v) is 13.0. The Bertz CT molecular complexity index is 450. The molecule has 2 unspecified atom stereocenters. The lowest BCUT2D eigenvalue weighted by Gasteiger charge is -2.33. The molecule has 1 aromatic carbocycles. The van der Waals surface area contributed by atoms with Gasteiger partial charge in [0.05, 0.1) is 0 Å². The van der Waals surface area contributed by atoms with Crippen molar-refractivity contribution < 1.29 is 8.78 Å². The molecule has 1 heterocycles. The molecule has 1 aliphatic rings. The van der Waals surface area contributed by atoms with E-state index in [1.165, 1.54) is 37.9 Å². The monoisotopic (exact) mass is 296 g/mol. The third-order valence-corrected chi connectivity index (χ3v) is 4.46. The summed E-state index contributed by atoms with van der Waals surface area (Å²) in [6.45, 7) is 7.49. The first kappa shape index (κ1) is 16.4. The highest BCUT2D eigenvalue weighted by atomic mass is 19.2. The molecule has 0 saturated carbocycles. The van der Waals surface area contributed by atoms with Crippen LogP contribution in [0.3, 0.4) is 0 Å². The third kappa shape index (κ3) is 4.75. The van der Waals surface area contributed by atoms with Crippen LogP contribution in [0.4, 0.5) is 8.78 Å². The molecular weight excluding hydrogens is 270 g/mol. The predicted molar refractivity (Wildman–Crippen MR) is 82.3 cm³/mol. The van der Waals surface area contributed by atoms with E-state index >= 15 is 0 Å². The molecule has 0 radical (unpaired) electrons. The number of hydrogen-bond acceptors (Lipinski definition) is 2.